The van der Waals surface area contributed by atoms with Gasteiger partial charge in [0.15, 0.2) is 11.6 Å². The minimum Gasteiger partial charge on any atom is -0.362 e. The molecule has 0 amide bonds. The summed E-state index contributed by atoms with van der Waals surface area (Å²) in [5, 5.41) is 6.11. The average molecular weight is 342 g/mol. The van der Waals surface area contributed by atoms with Gasteiger partial charge in [0.1, 0.15) is 6.33 Å². The molecule has 0 atom stereocenters. The Kier molecular flexibility index (Phi) is 5.48. The maximum Gasteiger partial charge on any atom is 0.186 e. The Morgan fingerprint density at radius 1 is 1.12 bits per heavy atom. The summed E-state index contributed by atoms with van der Waals surface area (Å²) in [6.45, 7) is 2.33. The van der Waals surface area contributed by atoms with Gasteiger partial charge in [-0.15, -0.1) is 11.3 Å². The highest BCUT2D eigenvalue weighted by Crippen LogP contribution is 2.17. The lowest BCUT2D eigenvalue weighted by molar-refractivity contribution is 0.596. The van der Waals surface area contributed by atoms with Gasteiger partial charge >= 0.3 is 0 Å². The number of benzene rings is 1. The molecule has 4 nitrogen and oxygen atoms in total. The van der Waals surface area contributed by atoms with E-state index in [-0.39, 0.29) is 11.6 Å². The predicted molar refractivity (Wildman–Crippen MR) is 94.7 cm³/mol. The van der Waals surface area contributed by atoms with Crippen molar-refractivity contribution in [3.8, 4) is 0 Å². The number of aromatic nitrogens is 3. The first-order valence-electron chi connectivity index (χ1n) is 7.96. The van der Waals surface area contributed by atoms with E-state index in [9.17, 15) is 4.39 Å². The molecular formula is C18H19FN4S. The van der Waals surface area contributed by atoms with Crippen molar-refractivity contribution in [1.82, 2.24) is 15.0 Å². The molecule has 0 aliphatic rings. The molecule has 0 bridgehead atoms. The van der Waals surface area contributed by atoms with Crippen LogP contribution in [0.3, 0.4) is 0 Å². The number of anilines is 1. The minimum absolute atomic E-state index is 0.237. The van der Waals surface area contributed by atoms with Crippen molar-refractivity contribution < 1.29 is 4.39 Å². The van der Waals surface area contributed by atoms with Gasteiger partial charge < -0.3 is 5.32 Å². The number of thiazole rings is 1. The Bertz CT molecular complexity index is 789. The fourth-order valence-electron chi connectivity index (χ4n) is 2.39. The SMILES string of the molecule is CCc1ncnc(NCc2csc(CCc3ccccc3)n2)c1F. The molecule has 0 saturated carbocycles. The van der Waals surface area contributed by atoms with Gasteiger partial charge in [-0.1, -0.05) is 37.3 Å². The molecule has 0 saturated heterocycles. The van der Waals surface area contributed by atoms with Crippen molar-refractivity contribution >= 4 is 17.2 Å². The van der Waals surface area contributed by atoms with Crippen molar-refractivity contribution in [3.63, 3.8) is 0 Å². The summed E-state index contributed by atoms with van der Waals surface area (Å²) < 4.78 is 14.1. The Balaban J connectivity index is 1.56. The smallest absolute Gasteiger partial charge is 0.186 e. The highest BCUT2D eigenvalue weighted by atomic mass is 32.1. The van der Waals surface area contributed by atoms with E-state index in [1.54, 1.807) is 11.3 Å². The standard InChI is InChI=1S/C18H19FN4S/c1-2-15-17(19)18(22-12-21-15)20-10-14-11-24-16(23-14)9-8-13-6-4-3-5-7-13/h3-7,11-12H,2,8-10H2,1H3,(H,20,21,22). The quantitative estimate of drug-likeness (QED) is 0.704. The first kappa shape index (κ1) is 16.5. The fraction of sp³-hybridized carbons (Fsp3) is 0.278. The number of aryl methyl sites for hydroxylation is 3. The van der Waals surface area contributed by atoms with Gasteiger partial charge in [0, 0.05) is 11.8 Å². The number of nitrogens with zero attached hydrogens (tertiary/aromatic N) is 3. The monoisotopic (exact) mass is 342 g/mol. The number of hydrogen-bond acceptors (Lipinski definition) is 5. The van der Waals surface area contributed by atoms with Crippen LogP contribution in [0.15, 0.2) is 42.0 Å². The third-order valence-electron chi connectivity index (χ3n) is 3.70. The Labute approximate surface area is 144 Å². The highest BCUT2D eigenvalue weighted by molar-refractivity contribution is 7.09. The van der Waals surface area contributed by atoms with E-state index in [1.807, 2.05) is 30.5 Å². The van der Waals surface area contributed by atoms with Gasteiger partial charge in [0.05, 0.1) is 22.9 Å². The molecule has 24 heavy (non-hydrogen) atoms. The van der Waals surface area contributed by atoms with Crippen molar-refractivity contribution in [2.45, 2.75) is 32.7 Å². The van der Waals surface area contributed by atoms with Crippen molar-refractivity contribution in [1.29, 1.82) is 0 Å². The molecule has 2 aromatic heterocycles. The summed E-state index contributed by atoms with van der Waals surface area (Å²) in [6.07, 6.45) is 3.82. The van der Waals surface area contributed by atoms with Gasteiger partial charge in [-0.3, -0.25) is 0 Å². The van der Waals surface area contributed by atoms with Gasteiger partial charge in [-0.05, 0) is 18.4 Å². The molecule has 0 spiro atoms. The summed E-state index contributed by atoms with van der Waals surface area (Å²) in [5.74, 6) is -0.139. The molecule has 6 heteroatoms. The molecule has 3 rings (SSSR count). The van der Waals surface area contributed by atoms with E-state index in [2.05, 4.69) is 32.4 Å². The third-order valence-corrected chi connectivity index (χ3v) is 4.66. The lowest BCUT2D eigenvalue weighted by atomic mass is 10.1. The Hall–Kier alpha value is -2.34. The maximum atomic E-state index is 14.1. The summed E-state index contributed by atoms with van der Waals surface area (Å²) in [4.78, 5) is 12.5. The summed E-state index contributed by atoms with van der Waals surface area (Å²) in [7, 11) is 0. The van der Waals surface area contributed by atoms with Crippen LogP contribution in [0.5, 0.6) is 0 Å². The van der Waals surface area contributed by atoms with Crippen LogP contribution >= 0.6 is 11.3 Å². The van der Waals surface area contributed by atoms with Crippen LogP contribution in [-0.2, 0) is 25.8 Å². The molecule has 1 N–H and O–H groups in total. The van der Waals surface area contributed by atoms with Crippen LogP contribution in [0.4, 0.5) is 10.2 Å². The molecule has 0 fully saturated rings. The number of halogens is 1. The van der Waals surface area contributed by atoms with E-state index in [0.29, 0.717) is 18.7 Å². The molecular weight excluding hydrogens is 323 g/mol. The predicted octanol–water partition coefficient (Wildman–Crippen LogP) is 4.03. The molecule has 0 unspecified atom stereocenters. The first-order chi connectivity index (χ1) is 11.8. The van der Waals surface area contributed by atoms with Crippen LogP contribution in [0.2, 0.25) is 0 Å². The second-order valence-corrected chi connectivity index (χ2v) is 6.35. The third kappa shape index (κ3) is 4.14. The molecule has 0 radical (unpaired) electrons. The summed E-state index contributed by atoms with van der Waals surface area (Å²) >= 11 is 1.64. The number of hydrogen-bond donors (Lipinski definition) is 1. The van der Waals surface area contributed by atoms with E-state index < -0.39 is 0 Å². The van der Waals surface area contributed by atoms with Gasteiger partial charge in [0.2, 0.25) is 0 Å². The van der Waals surface area contributed by atoms with Gasteiger partial charge in [-0.2, -0.15) is 0 Å². The zero-order valence-corrected chi connectivity index (χ0v) is 14.3. The second kappa shape index (κ2) is 7.97. The van der Waals surface area contributed by atoms with Crippen molar-refractivity contribution in [3.05, 3.63) is 69.8 Å². The second-order valence-electron chi connectivity index (χ2n) is 5.41. The summed E-state index contributed by atoms with van der Waals surface area (Å²) in [5.41, 5.74) is 2.64. The van der Waals surface area contributed by atoms with Crippen molar-refractivity contribution in [2.24, 2.45) is 0 Å². The van der Waals surface area contributed by atoms with E-state index in [0.717, 1.165) is 23.5 Å². The lowest BCUT2D eigenvalue weighted by Crippen LogP contribution is -2.07. The van der Waals surface area contributed by atoms with Crippen LogP contribution < -0.4 is 5.32 Å². The van der Waals surface area contributed by atoms with Gasteiger partial charge in [-0.25, -0.2) is 19.3 Å². The molecule has 2 heterocycles. The Morgan fingerprint density at radius 3 is 2.75 bits per heavy atom. The van der Waals surface area contributed by atoms with E-state index in [1.165, 1.54) is 11.9 Å². The van der Waals surface area contributed by atoms with Gasteiger partial charge in [0.25, 0.3) is 0 Å². The zero-order chi connectivity index (χ0) is 16.8. The maximum absolute atomic E-state index is 14.1. The molecule has 0 aliphatic carbocycles. The normalized spacial score (nSPS) is 10.8. The van der Waals surface area contributed by atoms with Crippen LogP contribution in [0, 0.1) is 5.82 Å². The topological polar surface area (TPSA) is 50.7 Å². The average Bonchev–Trinajstić information content (AvgIpc) is 3.08. The van der Waals surface area contributed by atoms with E-state index >= 15 is 0 Å². The van der Waals surface area contributed by atoms with Crippen molar-refractivity contribution in [2.75, 3.05) is 5.32 Å². The first-order valence-corrected chi connectivity index (χ1v) is 8.84. The number of rotatable bonds is 7. The highest BCUT2D eigenvalue weighted by Gasteiger charge is 2.10. The molecule has 124 valence electrons. The van der Waals surface area contributed by atoms with Crippen LogP contribution in [0.1, 0.15) is 28.9 Å². The summed E-state index contributed by atoms with van der Waals surface area (Å²) in [6, 6.07) is 10.4. The zero-order valence-electron chi connectivity index (χ0n) is 13.5. The minimum atomic E-state index is -0.375. The number of nitrogens with one attached hydrogen (secondary N) is 1. The molecule has 1 aromatic carbocycles. The van der Waals surface area contributed by atoms with E-state index in [4.69, 9.17) is 0 Å². The van der Waals surface area contributed by atoms with Crippen LogP contribution in [-0.4, -0.2) is 15.0 Å². The largest absolute Gasteiger partial charge is 0.362 e. The lowest BCUT2D eigenvalue weighted by Gasteiger charge is -2.06. The Morgan fingerprint density at radius 2 is 1.96 bits per heavy atom. The van der Waals surface area contributed by atoms with Crippen LogP contribution in [0.25, 0.3) is 0 Å². The molecule has 0 aliphatic heterocycles. The molecule has 3 aromatic rings. The fourth-order valence-corrected chi connectivity index (χ4v) is 3.19.